The van der Waals surface area contributed by atoms with Crippen molar-refractivity contribution >= 4 is 17.6 Å². The fraction of sp³-hybridized carbons (Fsp3) is 0.588. The van der Waals surface area contributed by atoms with Crippen LogP contribution in [0.3, 0.4) is 0 Å². The zero-order valence-corrected chi connectivity index (χ0v) is 13.8. The largest absolute Gasteiger partial charge is 0.466 e. The number of carbonyl (C=O) groups is 1. The van der Waals surface area contributed by atoms with Crippen LogP contribution in [-0.4, -0.2) is 31.8 Å². The highest BCUT2D eigenvalue weighted by atomic mass is 35.5. The minimum Gasteiger partial charge on any atom is -0.466 e. The van der Waals surface area contributed by atoms with Gasteiger partial charge in [0.1, 0.15) is 0 Å². The van der Waals surface area contributed by atoms with Crippen LogP contribution in [-0.2, 0) is 20.9 Å². The van der Waals surface area contributed by atoms with Gasteiger partial charge in [-0.2, -0.15) is 0 Å². The van der Waals surface area contributed by atoms with E-state index in [9.17, 15) is 4.79 Å². The molecule has 5 heteroatoms. The summed E-state index contributed by atoms with van der Waals surface area (Å²) in [5.41, 5.74) is 1.15. The van der Waals surface area contributed by atoms with Gasteiger partial charge in [-0.05, 0) is 49.9 Å². The predicted molar refractivity (Wildman–Crippen MR) is 86.9 cm³/mol. The first-order valence-electron chi connectivity index (χ1n) is 7.89. The molecule has 0 heterocycles. The zero-order chi connectivity index (χ0) is 15.8. The molecule has 1 N–H and O–H groups in total. The summed E-state index contributed by atoms with van der Waals surface area (Å²) in [6, 6.07) is 7.76. The Bertz CT molecular complexity index is 457. The number of ether oxygens (including phenoxy) is 2. The smallest absolute Gasteiger partial charge is 0.307 e. The van der Waals surface area contributed by atoms with Crippen molar-refractivity contribution in [1.29, 1.82) is 0 Å². The van der Waals surface area contributed by atoms with Gasteiger partial charge in [-0.1, -0.05) is 23.7 Å². The Labute approximate surface area is 137 Å². The number of hydrogen-bond acceptors (Lipinski definition) is 4. The van der Waals surface area contributed by atoms with Crippen molar-refractivity contribution < 1.29 is 14.3 Å². The van der Waals surface area contributed by atoms with Crippen LogP contribution >= 0.6 is 11.6 Å². The molecule has 0 aliphatic heterocycles. The normalized spacial score (nSPS) is 20.5. The third-order valence-electron chi connectivity index (χ3n) is 3.84. The van der Waals surface area contributed by atoms with E-state index in [1.807, 2.05) is 31.2 Å². The van der Waals surface area contributed by atoms with Crippen LogP contribution in [0.4, 0.5) is 0 Å². The maximum atomic E-state index is 11.2. The molecule has 0 saturated heterocycles. The minimum atomic E-state index is -0.132. The highest BCUT2D eigenvalue weighted by Gasteiger charge is 2.29. The lowest BCUT2D eigenvalue weighted by atomic mass is 9.82. The summed E-state index contributed by atoms with van der Waals surface area (Å²) in [4.78, 5) is 11.2. The van der Waals surface area contributed by atoms with Crippen LogP contribution in [0.1, 0.15) is 31.7 Å². The molecule has 0 amide bonds. The summed E-state index contributed by atoms with van der Waals surface area (Å²) in [6.45, 7) is 4.55. The van der Waals surface area contributed by atoms with E-state index < -0.39 is 0 Å². The van der Waals surface area contributed by atoms with E-state index in [1.165, 1.54) is 0 Å². The van der Waals surface area contributed by atoms with Crippen molar-refractivity contribution in [2.45, 2.75) is 38.9 Å². The molecule has 0 bridgehead atoms. The molecule has 1 aromatic carbocycles. The Kier molecular flexibility index (Phi) is 7.16. The molecule has 0 unspecified atom stereocenters. The third kappa shape index (κ3) is 5.95. The van der Waals surface area contributed by atoms with Crippen molar-refractivity contribution in [1.82, 2.24) is 5.32 Å². The molecule has 0 atom stereocenters. The second-order valence-electron chi connectivity index (χ2n) is 5.66. The Morgan fingerprint density at radius 3 is 2.73 bits per heavy atom. The second kappa shape index (κ2) is 9.13. The molecule has 122 valence electrons. The molecule has 1 fully saturated rings. The van der Waals surface area contributed by atoms with Crippen molar-refractivity contribution in [2.24, 2.45) is 5.92 Å². The quantitative estimate of drug-likeness (QED) is 0.559. The lowest BCUT2D eigenvalue weighted by molar-refractivity contribution is -0.143. The van der Waals surface area contributed by atoms with Crippen LogP contribution in [0, 0.1) is 5.92 Å². The van der Waals surface area contributed by atoms with Crippen LogP contribution in [0.2, 0.25) is 5.02 Å². The molecule has 2 rings (SSSR count). The summed E-state index contributed by atoms with van der Waals surface area (Å²) in [7, 11) is 0. The summed E-state index contributed by atoms with van der Waals surface area (Å²) >= 11 is 5.85. The number of nitrogens with one attached hydrogen (secondary N) is 1. The van der Waals surface area contributed by atoms with Gasteiger partial charge in [0.2, 0.25) is 0 Å². The summed E-state index contributed by atoms with van der Waals surface area (Å²) in [6.07, 6.45) is 2.96. The zero-order valence-electron chi connectivity index (χ0n) is 13.0. The first-order chi connectivity index (χ1) is 10.7. The number of esters is 1. The maximum absolute atomic E-state index is 11.2. The van der Waals surface area contributed by atoms with E-state index in [0.717, 1.165) is 30.0 Å². The van der Waals surface area contributed by atoms with E-state index in [0.29, 0.717) is 38.2 Å². The van der Waals surface area contributed by atoms with Gasteiger partial charge in [0.05, 0.1) is 25.7 Å². The SMILES string of the molecule is CCOC(=O)CCNC[C@H]1C[C@H](OCc2ccc(Cl)cc2)C1. The molecule has 0 spiro atoms. The van der Waals surface area contributed by atoms with Crippen molar-refractivity contribution in [3.63, 3.8) is 0 Å². The lowest BCUT2D eigenvalue weighted by Gasteiger charge is -2.35. The topological polar surface area (TPSA) is 47.6 Å². The highest BCUT2D eigenvalue weighted by molar-refractivity contribution is 6.30. The van der Waals surface area contributed by atoms with Crippen molar-refractivity contribution in [3.8, 4) is 0 Å². The molecule has 1 saturated carbocycles. The van der Waals surface area contributed by atoms with E-state index in [1.54, 1.807) is 0 Å². The van der Waals surface area contributed by atoms with Gasteiger partial charge in [0, 0.05) is 11.6 Å². The van der Waals surface area contributed by atoms with Gasteiger partial charge >= 0.3 is 5.97 Å². The molecule has 4 nitrogen and oxygen atoms in total. The maximum Gasteiger partial charge on any atom is 0.307 e. The van der Waals surface area contributed by atoms with Gasteiger partial charge in [0.15, 0.2) is 0 Å². The summed E-state index contributed by atoms with van der Waals surface area (Å²) < 4.78 is 10.7. The second-order valence-corrected chi connectivity index (χ2v) is 6.09. The highest BCUT2D eigenvalue weighted by Crippen LogP contribution is 2.30. The predicted octanol–water partition coefficient (Wildman–Crippen LogP) is 3.18. The van der Waals surface area contributed by atoms with E-state index in [2.05, 4.69) is 5.32 Å². The Hall–Kier alpha value is -1.10. The first-order valence-corrected chi connectivity index (χ1v) is 8.27. The molecule has 1 aliphatic carbocycles. The third-order valence-corrected chi connectivity index (χ3v) is 4.09. The standard InChI is InChI=1S/C17H24ClNO3/c1-2-21-17(20)7-8-19-11-14-9-16(10-14)22-12-13-3-5-15(18)6-4-13/h3-6,14,16,19H,2,7-12H2,1H3/t14-,16-. The Morgan fingerprint density at radius 2 is 2.05 bits per heavy atom. The molecular weight excluding hydrogens is 302 g/mol. The van der Waals surface area contributed by atoms with Crippen molar-refractivity contribution in [2.75, 3.05) is 19.7 Å². The number of hydrogen-bond donors (Lipinski definition) is 1. The first kappa shape index (κ1) is 17.3. The summed E-state index contributed by atoms with van der Waals surface area (Å²) in [5.74, 6) is 0.519. The lowest BCUT2D eigenvalue weighted by Crippen LogP contribution is -2.38. The number of halogens is 1. The molecule has 0 aromatic heterocycles. The molecule has 22 heavy (non-hydrogen) atoms. The van der Waals surface area contributed by atoms with Gasteiger partial charge in [-0.15, -0.1) is 0 Å². The number of carbonyl (C=O) groups excluding carboxylic acids is 1. The average molecular weight is 326 g/mol. The molecule has 1 aromatic rings. The van der Waals surface area contributed by atoms with Crippen molar-refractivity contribution in [3.05, 3.63) is 34.9 Å². The fourth-order valence-electron chi connectivity index (χ4n) is 2.50. The molecular formula is C17H24ClNO3. The van der Waals surface area contributed by atoms with Crippen LogP contribution in [0.5, 0.6) is 0 Å². The average Bonchev–Trinajstić information content (AvgIpc) is 2.46. The minimum absolute atomic E-state index is 0.132. The van der Waals surface area contributed by atoms with Crippen LogP contribution in [0.15, 0.2) is 24.3 Å². The molecule has 0 radical (unpaired) electrons. The van der Waals surface area contributed by atoms with Crippen LogP contribution < -0.4 is 5.32 Å². The Balaban J connectivity index is 1.49. The van der Waals surface area contributed by atoms with E-state index in [-0.39, 0.29) is 5.97 Å². The van der Waals surface area contributed by atoms with Crippen LogP contribution in [0.25, 0.3) is 0 Å². The van der Waals surface area contributed by atoms with E-state index in [4.69, 9.17) is 21.1 Å². The fourth-order valence-corrected chi connectivity index (χ4v) is 2.63. The Morgan fingerprint density at radius 1 is 1.32 bits per heavy atom. The number of benzene rings is 1. The monoisotopic (exact) mass is 325 g/mol. The van der Waals surface area contributed by atoms with E-state index >= 15 is 0 Å². The molecule has 1 aliphatic rings. The summed E-state index contributed by atoms with van der Waals surface area (Å²) in [5, 5.41) is 4.06. The van der Waals surface area contributed by atoms with Gasteiger partial charge in [-0.25, -0.2) is 0 Å². The number of rotatable bonds is 9. The van der Waals surface area contributed by atoms with Gasteiger partial charge in [0.25, 0.3) is 0 Å². The van der Waals surface area contributed by atoms with Gasteiger partial charge < -0.3 is 14.8 Å². The van der Waals surface area contributed by atoms with Gasteiger partial charge in [-0.3, -0.25) is 4.79 Å².